The smallest absolute Gasteiger partial charge is 0.330 e. The minimum Gasteiger partial charge on any atom is -0.780 e. The lowest BCUT2D eigenvalue weighted by Gasteiger charge is -2.34. The third kappa shape index (κ3) is 5.65. The molecule has 0 aromatic carbocycles. The van der Waals surface area contributed by atoms with Gasteiger partial charge in [-0.05, 0) is 0 Å². The van der Waals surface area contributed by atoms with Crippen LogP contribution in [0.1, 0.15) is 18.9 Å². The van der Waals surface area contributed by atoms with Crippen LogP contribution in [0, 0.1) is 0 Å². The van der Waals surface area contributed by atoms with Crippen LogP contribution in [0.15, 0.2) is 34.5 Å². The predicted octanol–water partition coefficient (Wildman–Crippen LogP) is -1.65. The van der Waals surface area contributed by atoms with Crippen molar-refractivity contribution in [1.29, 1.82) is 0 Å². The molecule has 3 aliphatic heterocycles. The molecule has 3 aromatic rings. The predicted molar refractivity (Wildman–Crippen MR) is 132 cm³/mol. The van der Waals surface area contributed by atoms with Crippen molar-refractivity contribution < 1.29 is 46.3 Å². The van der Waals surface area contributed by atoms with Gasteiger partial charge in [0.25, 0.3) is 13.4 Å². The molecule has 0 amide bonds. The van der Waals surface area contributed by atoms with Gasteiger partial charge >= 0.3 is 5.69 Å². The average molecular weight is 635 g/mol. The molecule has 3 saturated heterocycles. The zero-order valence-corrected chi connectivity index (χ0v) is 23.1. The molecule has 3 aromatic heterocycles. The molecule has 41 heavy (non-hydrogen) atoms. The Balaban J connectivity index is 1.29. The highest BCUT2D eigenvalue weighted by atomic mass is 32.5. The number of imidazole rings is 1. The van der Waals surface area contributed by atoms with Crippen LogP contribution < -0.4 is 26.8 Å². The summed E-state index contributed by atoms with van der Waals surface area (Å²) in [5, 5.41) is 0. The van der Waals surface area contributed by atoms with Crippen molar-refractivity contribution in [3.05, 3.63) is 45.8 Å². The monoisotopic (exact) mass is 635 g/mol. The lowest BCUT2D eigenvalue weighted by molar-refractivity contribution is -0.236. The second-order valence-electron chi connectivity index (χ2n) is 9.19. The van der Waals surface area contributed by atoms with Crippen molar-refractivity contribution in [2.75, 3.05) is 18.9 Å². The number of aromatic amines is 1. The van der Waals surface area contributed by atoms with E-state index in [9.17, 15) is 23.9 Å². The molecule has 0 spiro atoms. The molecule has 22 heteroatoms. The van der Waals surface area contributed by atoms with Crippen molar-refractivity contribution in [2.24, 2.45) is 0 Å². The Morgan fingerprint density at radius 1 is 1.07 bits per heavy atom. The third-order valence-electron chi connectivity index (χ3n) is 6.53. The van der Waals surface area contributed by atoms with Gasteiger partial charge in [-0.2, -0.15) is 0 Å². The first-order valence-corrected chi connectivity index (χ1v) is 15.9. The number of nitrogens with two attached hydrogens (primary N) is 1. The summed E-state index contributed by atoms with van der Waals surface area (Å²) in [6, 6.07) is 1.02. The molecule has 6 heterocycles. The number of ether oxygens (including phenoxy) is 2. The first kappa shape index (κ1) is 28.6. The van der Waals surface area contributed by atoms with E-state index in [1.54, 1.807) is 0 Å². The summed E-state index contributed by atoms with van der Waals surface area (Å²) in [6.45, 7) is -5.78. The molecule has 0 aliphatic carbocycles. The second-order valence-corrected chi connectivity index (χ2v) is 13.3. The maximum Gasteiger partial charge on any atom is 0.330 e. The fourth-order valence-electron chi connectivity index (χ4n) is 4.74. The van der Waals surface area contributed by atoms with Gasteiger partial charge in [-0.15, -0.1) is 0 Å². The maximum atomic E-state index is 15.8. The molecule has 3 fully saturated rings. The van der Waals surface area contributed by atoms with Gasteiger partial charge in [0.1, 0.15) is 36.9 Å². The van der Waals surface area contributed by atoms with Gasteiger partial charge in [-0.3, -0.25) is 23.5 Å². The number of rotatable bonds is 2. The van der Waals surface area contributed by atoms with E-state index < -0.39 is 82.0 Å². The Labute approximate surface area is 233 Å². The van der Waals surface area contributed by atoms with E-state index in [1.807, 2.05) is 4.98 Å². The van der Waals surface area contributed by atoms with Gasteiger partial charge in [-0.1, -0.05) is 11.8 Å². The van der Waals surface area contributed by atoms with Crippen LogP contribution in [-0.4, -0.2) is 72.9 Å². The largest absolute Gasteiger partial charge is 0.780 e. The standard InChI is InChI=1S/C19H22FN7O11P2S/c20-12-14-10(36-18(12)27-7-24-13-15(21)22-6-23-16(13)27)5-33-39(30,31)37-9-3-8(4-34-40(32,41)38-14)35-17(9)26-2-1-11(28)25-19(26)29/h1-2,6-10,12,14,17-18H,3-5H2,(H,30,31)(H,32,41)(H2,21,22,23)(H,25,28,29)/p-2/t8-,9+,10+,12+,14+,17+,18+,40?/m0/s1. The summed E-state index contributed by atoms with van der Waals surface area (Å²) < 4.78 is 63.0. The molecule has 18 nitrogen and oxygen atoms in total. The molecule has 0 saturated carbocycles. The molecule has 2 unspecified atom stereocenters. The van der Waals surface area contributed by atoms with Gasteiger partial charge in [0.2, 0.25) is 0 Å². The van der Waals surface area contributed by atoms with Crippen molar-refractivity contribution >= 4 is 43.3 Å². The number of nitrogens with zero attached hydrogens (tertiary/aromatic N) is 5. The van der Waals surface area contributed by atoms with Gasteiger partial charge in [0.05, 0.1) is 25.6 Å². The number of hydrogen-bond donors (Lipinski definition) is 2. The minimum absolute atomic E-state index is 0.0245. The van der Waals surface area contributed by atoms with E-state index in [4.69, 9.17) is 45.1 Å². The van der Waals surface area contributed by atoms with E-state index in [2.05, 4.69) is 15.0 Å². The molecule has 2 bridgehead atoms. The zero-order chi connectivity index (χ0) is 29.1. The Morgan fingerprint density at radius 3 is 2.66 bits per heavy atom. The lowest BCUT2D eigenvalue weighted by atomic mass is 10.1. The van der Waals surface area contributed by atoms with Gasteiger partial charge < -0.3 is 43.1 Å². The number of phosphoric acid groups is 1. The highest BCUT2D eigenvalue weighted by Gasteiger charge is 2.50. The summed E-state index contributed by atoms with van der Waals surface area (Å²) >= 11 is 4.98. The number of hydrogen-bond acceptors (Lipinski definition) is 16. The molecule has 9 atom stereocenters. The minimum atomic E-state index is -5.18. The summed E-state index contributed by atoms with van der Waals surface area (Å²) in [5.41, 5.74) is 4.46. The van der Waals surface area contributed by atoms with Gasteiger partial charge in [-0.25, -0.2) is 24.1 Å². The van der Waals surface area contributed by atoms with Gasteiger partial charge in [0.15, 0.2) is 30.1 Å². The number of H-pyrrole nitrogens is 1. The first-order valence-electron chi connectivity index (χ1n) is 11.9. The van der Waals surface area contributed by atoms with E-state index in [-0.39, 0.29) is 23.4 Å². The normalized spacial score (nSPS) is 38.2. The van der Waals surface area contributed by atoms with Crippen LogP contribution >= 0.6 is 14.5 Å². The summed E-state index contributed by atoms with van der Waals surface area (Å²) in [6.07, 6.45) is -7.27. The Morgan fingerprint density at radius 2 is 1.88 bits per heavy atom. The molecule has 6 rings (SSSR count). The van der Waals surface area contributed by atoms with Gasteiger partial charge in [0, 0.05) is 18.7 Å². The van der Waals surface area contributed by atoms with E-state index >= 15 is 4.39 Å². The van der Waals surface area contributed by atoms with Crippen LogP contribution in [0.5, 0.6) is 0 Å². The Hall–Kier alpha value is -2.48. The van der Waals surface area contributed by atoms with Crippen molar-refractivity contribution in [3.63, 3.8) is 0 Å². The molecule has 3 aliphatic rings. The fraction of sp³-hybridized carbons (Fsp3) is 0.526. The number of fused-ring (bicyclic) bond motifs is 4. The Kier molecular flexibility index (Phi) is 7.44. The SMILES string of the molecule is Nc1ncnc2c1ncn2[C@@H]1O[C@@H]2COP(=O)([O-])O[C@@H]3C[C@@H](COP([O-])(=S)O[C@H]2[C@H]1F)O[C@H]3n1ccc(=O)[nH]c1=O. The maximum absolute atomic E-state index is 15.8. The number of halogens is 1. The van der Waals surface area contributed by atoms with E-state index in [0.717, 1.165) is 23.2 Å². The highest BCUT2D eigenvalue weighted by Crippen LogP contribution is 2.51. The van der Waals surface area contributed by atoms with Crippen LogP contribution in [0.25, 0.3) is 11.2 Å². The molecule has 0 radical (unpaired) electrons. The quantitative estimate of drug-likeness (QED) is 0.300. The number of aromatic nitrogens is 6. The summed E-state index contributed by atoms with van der Waals surface area (Å²) in [4.78, 5) is 63.7. The molecular formula is C19H20FN7O11P2S-2. The number of nitrogens with one attached hydrogen (secondary N) is 1. The van der Waals surface area contributed by atoms with Crippen LogP contribution in [0.2, 0.25) is 0 Å². The molecule has 3 N–H and O–H groups in total. The number of phosphoric ester groups is 1. The Bertz CT molecular complexity index is 1690. The summed E-state index contributed by atoms with van der Waals surface area (Å²) in [7, 11) is -5.18. The third-order valence-corrected chi connectivity index (χ3v) is 9.06. The average Bonchev–Trinajstić information content (AvgIpc) is 3.58. The molecule has 222 valence electrons. The van der Waals surface area contributed by atoms with Crippen LogP contribution in [-0.2, 0) is 43.9 Å². The van der Waals surface area contributed by atoms with Crippen molar-refractivity contribution in [1.82, 2.24) is 29.1 Å². The van der Waals surface area contributed by atoms with Crippen molar-refractivity contribution in [3.8, 4) is 0 Å². The van der Waals surface area contributed by atoms with Crippen molar-refractivity contribution in [2.45, 2.75) is 49.5 Å². The topological polar surface area (TPSA) is 243 Å². The lowest BCUT2D eigenvalue weighted by Crippen LogP contribution is -2.37. The van der Waals surface area contributed by atoms with Crippen LogP contribution in [0.3, 0.4) is 0 Å². The van der Waals surface area contributed by atoms with E-state index in [1.165, 1.54) is 10.9 Å². The fourth-order valence-corrected chi connectivity index (χ4v) is 7.09. The van der Waals surface area contributed by atoms with Crippen LogP contribution in [0.4, 0.5) is 10.2 Å². The first-order chi connectivity index (χ1) is 19.4. The number of anilines is 1. The highest BCUT2D eigenvalue weighted by molar-refractivity contribution is 8.06. The van der Waals surface area contributed by atoms with E-state index in [0.29, 0.717) is 0 Å². The zero-order valence-electron chi connectivity index (χ0n) is 20.5. The summed E-state index contributed by atoms with van der Waals surface area (Å²) in [5.74, 6) is 0.0245. The second kappa shape index (κ2) is 10.7. The molecular weight excluding hydrogens is 615 g/mol. The number of nitrogen functional groups attached to an aromatic ring is 1. The number of alkyl halides is 1.